The molecule has 0 bridgehead atoms. The SMILES string of the molecule is CN(Cc1ccccc1Cl)c1ncc(CN)s1. The lowest BCUT2D eigenvalue weighted by Gasteiger charge is -2.16. The third-order valence-corrected chi connectivity index (χ3v) is 3.94. The first-order valence-electron chi connectivity index (χ1n) is 5.30. The summed E-state index contributed by atoms with van der Waals surface area (Å²) in [4.78, 5) is 7.50. The Labute approximate surface area is 110 Å². The second-order valence-electron chi connectivity index (χ2n) is 3.76. The lowest BCUT2D eigenvalue weighted by Crippen LogP contribution is -2.16. The van der Waals surface area contributed by atoms with Gasteiger partial charge in [-0.05, 0) is 11.6 Å². The molecule has 0 atom stereocenters. The molecule has 0 spiro atoms. The van der Waals surface area contributed by atoms with Crippen LogP contribution in [0.3, 0.4) is 0 Å². The smallest absolute Gasteiger partial charge is 0.185 e. The van der Waals surface area contributed by atoms with Gasteiger partial charge in [0.05, 0.1) is 0 Å². The van der Waals surface area contributed by atoms with Crippen LogP contribution in [0.5, 0.6) is 0 Å². The second-order valence-corrected chi connectivity index (χ2v) is 5.26. The van der Waals surface area contributed by atoms with Gasteiger partial charge in [0.15, 0.2) is 5.13 Å². The summed E-state index contributed by atoms with van der Waals surface area (Å²) in [6.45, 7) is 1.29. The van der Waals surface area contributed by atoms with Crippen LogP contribution in [0, 0.1) is 0 Å². The van der Waals surface area contributed by atoms with Crippen LogP contribution in [-0.4, -0.2) is 12.0 Å². The Kier molecular flexibility index (Phi) is 3.99. The molecule has 2 rings (SSSR count). The van der Waals surface area contributed by atoms with Gasteiger partial charge in [-0.1, -0.05) is 29.8 Å². The average Bonchev–Trinajstić information content (AvgIpc) is 2.81. The average molecular weight is 268 g/mol. The monoisotopic (exact) mass is 267 g/mol. The highest BCUT2D eigenvalue weighted by molar-refractivity contribution is 7.15. The first-order chi connectivity index (χ1) is 8.20. The summed E-state index contributed by atoms with van der Waals surface area (Å²) >= 11 is 7.74. The zero-order chi connectivity index (χ0) is 12.3. The van der Waals surface area contributed by atoms with E-state index in [9.17, 15) is 0 Å². The van der Waals surface area contributed by atoms with Gasteiger partial charge in [0, 0.05) is 36.2 Å². The normalized spacial score (nSPS) is 10.5. The molecule has 3 nitrogen and oxygen atoms in total. The van der Waals surface area contributed by atoms with E-state index in [1.165, 1.54) is 0 Å². The third kappa shape index (κ3) is 2.97. The number of hydrogen-bond donors (Lipinski definition) is 1. The Balaban J connectivity index is 2.11. The number of rotatable bonds is 4. The first kappa shape index (κ1) is 12.4. The summed E-state index contributed by atoms with van der Waals surface area (Å²) < 4.78 is 0. The van der Waals surface area contributed by atoms with Crippen LogP contribution in [0.2, 0.25) is 5.02 Å². The maximum absolute atomic E-state index is 6.12. The zero-order valence-corrected chi connectivity index (χ0v) is 11.1. The van der Waals surface area contributed by atoms with Crippen molar-refractivity contribution in [1.82, 2.24) is 4.98 Å². The predicted octanol–water partition coefficient (Wildman–Crippen LogP) is 2.89. The number of anilines is 1. The molecule has 0 amide bonds. The molecule has 2 aromatic rings. The third-order valence-electron chi connectivity index (χ3n) is 2.43. The van der Waals surface area contributed by atoms with E-state index < -0.39 is 0 Å². The summed E-state index contributed by atoms with van der Waals surface area (Å²) in [5.41, 5.74) is 6.67. The van der Waals surface area contributed by atoms with Gasteiger partial charge in [0.25, 0.3) is 0 Å². The predicted molar refractivity (Wildman–Crippen MR) is 73.6 cm³/mol. The van der Waals surface area contributed by atoms with Crippen LogP contribution in [0.25, 0.3) is 0 Å². The van der Waals surface area contributed by atoms with Crippen LogP contribution >= 0.6 is 22.9 Å². The molecule has 0 saturated heterocycles. The summed E-state index contributed by atoms with van der Waals surface area (Å²) in [5, 5.41) is 1.75. The van der Waals surface area contributed by atoms with Gasteiger partial charge < -0.3 is 10.6 Å². The van der Waals surface area contributed by atoms with Gasteiger partial charge in [-0.2, -0.15) is 0 Å². The van der Waals surface area contributed by atoms with Crippen molar-refractivity contribution in [3.63, 3.8) is 0 Å². The van der Waals surface area contributed by atoms with E-state index in [1.54, 1.807) is 11.3 Å². The summed E-state index contributed by atoms with van der Waals surface area (Å²) in [6, 6.07) is 7.85. The highest BCUT2D eigenvalue weighted by Gasteiger charge is 2.08. The molecule has 2 N–H and O–H groups in total. The van der Waals surface area contributed by atoms with Crippen molar-refractivity contribution in [2.45, 2.75) is 13.1 Å². The van der Waals surface area contributed by atoms with Crippen LogP contribution in [0.15, 0.2) is 30.5 Å². The molecule has 0 aliphatic heterocycles. The highest BCUT2D eigenvalue weighted by Crippen LogP contribution is 2.24. The van der Waals surface area contributed by atoms with E-state index in [0.29, 0.717) is 6.54 Å². The molecule has 0 radical (unpaired) electrons. The highest BCUT2D eigenvalue weighted by atomic mass is 35.5. The molecule has 17 heavy (non-hydrogen) atoms. The number of aromatic nitrogens is 1. The van der Waals surface area contributed by atoms with Crippen LogP contribution < -0.4 is 10.6 Å². The lowest BCUT2D eigenvalue weighted by atomic mass is 10.2. The Bertz CT molecular complexity index is 498. The minimum Gasteiger partial charge on any atom is -0.347 e. The van der Waals surface area contributed by atoms with Gasteiger partial charge in [-0.3, -0.25) is 0 Å². The largest absolute Gasteiger partial charge is 0.347 e. The Morgan fingerprint density at radius 1 is 1.41 bits per heavy atom. The first-order valence-corrected chi connectivity index (χ1v) is 6.49. The fourth-order valence-electron chi connectivity index (χ4n) is 1.52. The van der Waals surface area contributed by atoms with Crippen LogP contribution in [0.1, 0.15) is 10.4 Å². The number of hydrogen-bond acceptors (Lipinski definition) is 4. The molecule has 0 unspecified atom stereocenters. The molecular formula is C12H14ClN3S. The molecule has 0 aliphatic rings. The van der Waals surface area contributed by atoms with E-state index in [2.05, 4.69) is 9.88 Å². The minimum atomic E-state index is 0.539. The fraction of sp³-hybridized carbons (Fsp3) is 0.250. The quantitative estimate of drug-likeness (QED) is 0.926. The van der Waals surface area contributed by atoms with E-state index in [-0.39, 0.29) is 0 Å². The fourth-order valence-corrected chi connectivity index (χ4v) is 2.46. The topological polar surface area (TPSA) is 42.2 Å². The summed E-state index contributed by atoms with van der Waals surface area (Å²) in [7, 11) is 2.00. The number of nitrogens with zero attached hydrogens (tertiary/aromatic N) is 2. The molecule has 90 valence electrons. The van der Waals surface area contributed by atoms with Gasteiger partial charge in [-0.25, -0.2) is 4.98 Å². The van der Waals surface area contributed by atoms with Gasteiger partial charge in [-0.15, -0.1) is 11.3 Å². The Morgan fingerprint density at radius 2 is 2.18 bits per heavy atom. The second kappa shape index (κ2) is 5.49. The van der Waals surface area contributed by atoms with Crippen molar-refractivity contribution in [1.29, 1.82) is 0 Å². The summed E-state index contributed by atoms with van der Waals surface area (Å²) in [5.74, 6) is 0. The van der Waals surface area contributed by atoms with Crippen molar-refractivity contribution < 1.29 is 0 Å². The summed E-state index contributed by atoms with van der Waals surface area (Å²) in [6.07, 6.45) is 1.82. The molecule has 1 aromatic heterocycles. The van der Waals surface area contributed by atoms with Gasteiger partial charge in [0.2, 0.25) is 0 Å². The van der Waals surface area contributed by atoms with Crippen molar-refractivity contribution in [2.75, 3.05) is 11.9 Å². The van der Waals surface area contributed by atoms with Crippen molar-refractivity contribution in [3.8, 4) is 0 Å². The molecule has 0 fully saturated rings. The van der Waals surface area contributed by atoms with Crippen molar-refractivity contribution in [2.24, 2.45) is 5.73 Å². The molecule has 1 aromatic carbocycles. The van der Waals surface area contributed by atoms with Crippen LogP contribution in [-0.2, 0) is 13.1 Å². The standard InChI is InChI=1S/C12H14ClN3S/c1-16(12-15-7-10(6-14)17-12)8-9-4-2-3-5-11(9)13/h2-5,7H,6,8,14H2,1H3. The lowest BCUT2D eigenvalue weighted by molar-refractivity contribution is 0.914. The molecule has 0 saturated carbocycles. The number of benzene rings is 1. The number of halogens is 1. The van der Waals surface area contributed by atoms with Crippen LogP contribution in [0.4, 0.5) is 5.13 Å². The van der Waals surface area contributed by atoms with E-state index in [0.717, 1.165) is 27.1 Å². The number of nitrogens with two attached hydrogens (primary N) is 1. The maximum atomic E-state index is 6.12. The molecular weight excluding hydrogens is 254 g/mol. The van der Waals surface area contributed by atoms with E-state index in [4.69, 9.17) is 17.3 Å². The van der Waals surface area contributed by atoms with E-state index in [1.807, 2.05) is 37.5 Å². The van der Waals surface area contributed by atoms with Gasteiger partial charge in [0.1, 0.15) is 0 Å². The molecule has 5 heteroatoms. The van der Waals surface area contributed by atoms with E-state index >= 15 is 0 Å². The number of thiazole rings is 1. The van der Waals surface area contributed by atoms with Crippen molar-refractivity contribution in [3.05, 3.63) is 45.9 Å². The Hall–Kier alpha value is -1.10. The molecule has 0 aliphatic carbocycles. The molecule has 1 heterocycles. The maximum Gasteiger partial charge on any atom is 0.185 e. The van der Waals surface area contributed by atoms with Gasteiger partial charge >= 0.3 is 0 Å². The zero-order valence-electron chi connectivity index (χ0n) is 9.56. The minimum absolute atomic E-state index is 0.539. The Morgan fingerprint density at radius 3 is 2.82 bits per heavy atom. The van der Waals surface area contributed by atoms with Crippen molar-refractivity contribution >= 4 is 28.1 Å².